The van der Waals surface area contributed by atoms with Crippen LogP contribution in [0.5, 0.6) is 0 Å². The van der Waals surface area contributed by atoms with Crippen LogP contribution in [0.4, 0.5) is 13.2 Å². The minimum atomic E-state index is -4.71. The van der Waals surface area contributed by atoms with Crippen molar-refractivity contribution in [2.24, 2.45) is 5.73 Å². The summed E-state index contributed by atoms with van der Waals surface area (Å²) < 4.78 is 43.1. The molecule has 0 radical (unpaired) electrons. The molecule has 1 heterocycles. The monoisotopic (exact) mass is 366 g/mol. The van der Waals surface area contributed by atoms with Crippen molar-refractivity contribution >= 4 is 17.5 Å². The van der Waals surface area contributed by atoms with E-state index < -0.39 is 18.0 Å². The van der Waals surface area contributed by atoms with Crippen LogP contribution in [0, 0.1) is 0 Å². The molecule has 0 saturated heterocycles. The average molecular weight is 367 g/mol. The molecular formula is C17H10ClF3N2O2. The minimum Gasteiger partial charge on any atom is -0.433 e. The molecule has 8 heteroatoms. The van der Waals surface area contributed by atoms with Crippen molar-refractivity contribution in [3.05, 3.63) is 65.1 Å². The molecule has 0 aliphatic rings. The van der Waals surface area contributed by atoms with Crippen molar-refractivity contribution in [3.63, 3.8) is 0 Å². The minimum absolute atomic E-state index is 0.125. The van der Waals surface area contributed by atoms with E-state index in [9.17, 15) is 18.0 Å². The molecule has 2 N–H and O–H groups in total. The summed E-state index contributed by atoms with van der Waals surface area (Å²) in [5, 5.41) is 0.473. The second-order valence-corrected chi connectivity index (χ2v) is 5.56. The molecule has 0 unspecified atom stereocenters. The van der Waals surface area contributed by atoms with Gasteiger partial charge in [0.25, 0.3) is 0 Å². The zero-order valence-corrected chi connectivity index (χ0v) is 13.2. The summed E-state index contributed by atoms with van der Waals surface area (Å²) >= 11 is 5.87. The maximum atomic E-state index is 12.7. The number of hydrogen-bond acceptors (Lipinski definition) is 3. The van der Waals surface area contributed by atoms with Crippen LogP contribution in [0.15, 0.2) is 53.1 Å². The van der Waals surface area contributed by atoms with Crippen molar-refractivity contribution in [1.82, 2.24) is 4.98 Å². The van der Waals surface area contributed by atoms with E-state index in [-0.39, 0.29) is 16.9 Å². The number of rotatable bonds is 3. The molecule has 25 heavy (non-hydrogen) atoms. The third-order valence-corrected chi connectivity index (χ3v) is 3.73. The Bertz CT molecular complexity index is 934. The lowest BCUT2D eigenvalue weighted by atomic mass is 9.93. The van der Waals surface area contributed by atoms with Crippen LogP contribution in [0.1, 0.15) is 16.2 Å². The van der Waals surface area contributed by atoms with Crippen LogP contribution in [0.25, 0.3) is 22.5 Å². The van der Waals surface area contributed by atoms with Gasteiger partial charge >= 0.3 is 12.1 Å². The number of oxazole rings is 1. The van der Waals surface area contributed by atoms with Crippen molar-refractivity contribution in [1.29, 1.82) is 0 Å². The van der Waals surface area contributed by atoms with E-state index in [1.165, 1.54) is 18.2 Å². The molecule has 3 aromatic rings. The maximum Gasteiger partial charge on any atom is 0.468 e. The fraction of sp³-hybridized carbons (Fsp3) is 0.0588. The van der Waals surface area contributed by atoms with Gasteiger partial charge in [-0.2, -0.15) is 13.2 Å². The zero-order chi connectivity index (χ0) is 18.2. The second kappa shape index (κ2) is 6.25. The van der Waals surface area contributed by atoms with E-state index in [1.54, 1.807) is 24.3 Å². The summed E-state index contributed by atoms with van der Waals surface area (Å²) in [5.41, 5.74) is 6.72. The van der Waals surface area contributed by atoms with Crippen LogP contribution in [0.2, 0.25) is 5.02 Å². The van der Waals surface area contributed by atoms with Gasteiger partial charge in [-0.25, -0.2) is 4.98 Å². The lowest BCUT2D eigenvalue weighted by Gasteiger charge is -2.12. The Morgan fingerprint density at radius 3 is 2.36 bits per heavy atom. The van der Waals surface area contributed by atoms with Gasteiger partial charge < -0.3 is 10.2 Å². The molecule has 1 aromatic heterocycles. The van der Waals surface area contributed by atoms with E-state index >= 15 is 0 Å². The van der Waals surface area contributed by atoms with Gasteiger partial charge in [-0.15, -0.1) is 0 Å². The van der Waals surface area contributed by atoms with Crippen molar-refractivity contribution < 1.29 is 22.4 Å². The van der Waals surface area contributed by atoms with Gasteiger partial charge in [0.1, 0.15) is 0 Å². The van der Waals surface area contributed by atoms with Crippen LogP contribution >= 0.6 is 11.6 Å². The molecule has 0 saturated carbocycles. The van der Waals surface area contributed by atoms with E-state index in [0.29, 0.717) is 16.1 Å². The van der Waals surface area contributed by atoms with Crippen LogP contribution in [-0.2, 0) is 6.18 Å². The predicted molar refractivity (Wildman–Crippen MR) is 85.9 cm³/mol. The number of alkyl halides is 3. The first-order valence-corrected chi connectivity index (χ1v) is 7.37. The van der Waals surface area contributed by atoms with Gasteiger partial charge in [0.15, 0.2) is 5.76 Å². The SMILES string of the molecule is NC(=O)c1cccc(-c2cnc(C(F)(F)F)o2)c1-c1ccc(Cl)cc1. The summed E-state index contributed by atoms with van der Waals surface area (Å²) in [7, 11) is 0. The summed E-state index contributed by atoms with van der Waals surface area (Å²) in [6.07, 6.45) is -3.75. The highest BCUT2D eigenvalue weighted by Crippen LogP contribution is 2.38. The third kappa shape index (κ3) is 3.36. The van der Waals surface area contributed by atoms with Crippen molar-refractivity contribution in [2.75, 3.05) is 0 Å². The number of amides is 1. The molecule has 0 bridgehead atoms. The van der Waals surface area contributed by atoms with Gasteiger partial charge in [-0.3, -0.25) is 4.79 Å². The first kappa shape index (κ1) is 17.0. The normalized spacial score (nSPS) is 11.5. The number of hydrogen-bond donors (Lipinski definition) is 1. The molecule has 0 atom stereocenters. The number of benzene rings is 2. The number of nitrogens with two attached hydrogens (primary N) is 1. The molecule has 4 nitrogen and oxygen atoms in total. The predicted octanol–water partition coefficient (Wildman–Crippen LogP) is 4.78. The number of aromatic nitrogens is 1. The molecule has 0 aliphatic carbocycles. The fourth-order valence-corrected chi connectivity index (χ4v) is 2.55. The lowest BCUT2D eigenvalue weighted by molar-refractivity contribution is -0.156. The molecule has 0 fully saturated rings. The Labute approximate surface area is 145 Å². The Balaban J connectivity index is 2.23. The second-order valence-electron chi connectivity index (χ2n) is 5.13. The molecule has 128 valence electrons. The Morgan fingerprint density at radius 2 is 1.80 bits per heavy atom. The van der Waals surface area contributed by atoms with Gasteiger partial charge in [-0.05, 0) is 23.8 Å². The standard InChI is InChI=1S/C17H10ClF3N2O2/c18-10-6-4-9(5-7-10)14-11(2-1-3-12(14)15(22)24)13-8-23-16(25-13)17(19,20)21/h1-8H,(H2,22,24). The summed E-state index contributed by atoms with van der Waals surface area (Å²) in [6.45, 7) is 0. The Morgan fingerprint density at radius 1 is 1.12 bits per heavy atom. The molecule has 3 rings (SSSR count). The maximum absolute atomic E-state index is 12.7. The van der Waals surface area contributed by atoms with Gasteiger partial charge in [0.2, 0.25) is 5.91 Å². The smallest absolute Gasteiger partial charge is 0.433 e. The summed E-state index contributed by atoms with van der Waals surface area (Å²) in [6, 6.07) is 11.0. The van der Waals surface area contributed by atoms with Crippen molar-refractivity contribution in [2.45, 2.75) is 6.18 Å². The fourth-order valence-electron chi connectivity index (χ4n) is 2.42. The van der Waals surface area contributed by atoms with Gasteiger partial charge in [-0.1, -0.05) is 35.9 Å². The number of primary amides is 1. The molecule has 1 amide bonds. The number of carbonyl (C=O) groups is 1. The first-order chi connectivity index (χ1) is 11.8. The topological polar surface area (TPSA) is 69.1 Å². The molecule has 0 spiro atoms. The quantitative estimate of drug-likeness (QED) is 0.725. The summed E-state index contributed by atoms with van der Waals surface area (Å²) in [4.78, 5) is 15.0. The third-order valence-electron chi connectivity index (χ3n) is 3.48. The highest BCUT2D eigenvalue weighted by Gasteiger charge is 2.37. The van der Waals surface area contributed by atoms with E-state index in [0.717, 1.165) is 6.20 Å². The molecule has 0 aliphatic heterocycles. The molecular weight excluding hydrogens is 357 g/mol. The van der Waals surface area contributed by atoms with E-state index in [2.05, 4.69) is 4.98 Å². The van der Waals surface area contributed by atoms with Crippen LogP contribution < -0.4 is 5.73 Å². The lowest BCUT2D eigenvalue weighted by Crippen LogP contribution is -2.12. The average Bonchev–Trinajstić information content (AvgIpc) is 3.05. The summed E-state index contributed by atoms with van der Waals surface area (Å²) in [5.74, 6) is -2.21. The number of carbonyl (C=O) groups excluding carboxylic acids is 1. The highest BCUT2D eigenvalue weighted by atomic mass is 35.5. The zero-order valence-electron chi connectivity index (χ0n) is 12.5. The number of halogens is 4. The van der Waals surface area contributed by atoms with Crippen molar-refractivity contribution in [3.8, 4) is 22.5 Å². The van der Waals surface area contributed by atoms with Gasteiger partial charge in [0, 0.05) is 21.7 Å². The van der Waals surface area contributed by atoms with Gasteiger partial charge in [0.05, 0.1) is 6.20 Å². The largest absolute Gasteiger partial charge is 0.468 e. The molecule has 2 aromatic carbocycles. The first-order valence-electron chi connectivity index (χ1n) is 6.99. The van der Waals surface area contributed by atoms with E-state index in [1.807, 2.05) is 0 Å². The Kier molecular flexibility index (Phi) is 4.26. The van der Waals surface area contributed by atoms with E-state index in [4.69, 9.17) is 21.8 Å². The van der Waals surface area contributed by atoms with Crippen LogP contribution in [0.3, 0.4) is 0 Å². The van der Waals surface area contributed by atoms with Crippen LogP contribution in [-0.4, -0.2) is 10.9 Å². The Hall–Kier alpha value is -2.80. The number of nitrogens with zero attached hydrogens (tertiary/aromatic N) is 1. The highest BCUT2D eigenvalue weighted by molar-refractivity contribution is 6.30.